The molecule has 0 fully saturated rings. The Morgan fingerprint density at radius 1 is 1.35 bits per heavy atom. The van der Waals surface area contributed by atoms with Crippen LogP contribution >= 0.6 is 0 Å². The summed E-state index contributed by atoms with van der Waals surface area (Å²) in [7, 11) is 0. The second-order valence-corrected chi connectivity index (χ2v) is 5.98. The van der Waals surface area contributed by atoms with Crippen molar-refractivity contribution >= 4 is 5.78 Å². The highest BCUT2D eigenvalue weighted by atomic mass is 19.4. The summed E-state index contributed by atoms with van der Waals surface area (Å²) < 4.78 is 42.3. The maximum Gasteiger partial charge on any atom is 0.411 e. The number of hydrogen-bond acceptors (Lipinski definition) is 2. The van der Waals surface area contributed by atoms with E-state index in [2.05, 4.69) is 4.74 Å². The topological polar surface area (TPSA) is 31.2 Å². The lowest BCUT2D eigenvalue weighted by atomic mass is 9.76. The van der Waals surface area contributed by atoms with Gasteiger partial charge in [0.15, 0.2) is 5.78 Å². The van der Waals surface area contributed by atoms with Gasteiger partial charge < -0.3 is 9.30 Å². The Bertz CT molecular complexity index is 503. The fraction of sp³-hybridized carbons (Fsp3) is 0.643. The molecule has 0 aromatic carbocycles. The Kier molecular flexibility index (Phi) is 3.95. The molecule has 0 saturated carbocycles. The third-order valence-corrected chi connectivity index (χ3v) is 3.41. The van der Waals surface area contributed by atoms with E-state index in [4.69, 9.17) is 0 Å². The van der Waals surface area contributed by atoms with Crippen LogP contribution in [-0.4, -0.2) is 29.7 Å². The molecule has 1 heterocycles. The van der Waals surface area contributed by atoms with E-state index in [9.17, 15) is 18.0 Å². The number of halogens is 3. The summed E-state index contributed by atoms with van der Waals surface area (Å²) in [6, 6.07) is 1.75. The molecule has 0 radical (unpaired) electrons. The average Bonchev–Trinajstić information content (AvgIpc) is 2.65. The normalized spacial score (nSPS) is 18.1. The smallest absolute Gasteiger partial charge is 0.370 e. The first-order valence-corrected chi connectivity index (χ1v) is 6.54. The minimum absolute atomic E-state index is 0.0186. The zero-order valence-corrected chi connectivity index (χ0v) is 11.6. The zero-order valence-electron chi connectivity index (χ0n) is 11.6. The average molecular weight is 289 g/mol. The van der Waals surface area contributed by atoms with Gasteiger partial charge in [-0.1, -0.05) is 13.8 Å². The number of Topliss-reactive ketones (excluding diaryl/α,β-unsaturated/α-hetero) is 1. The maximum atomic E-state index is 12.0. The van der Waals surface area contributed by atoms with Gasteiger partial charge in [0.25, 0.3) is 0 Å². The molecule has 6 heteroatoms. The van der Waals surface area contributed by atoms with E-state index in [0.29, 0.717) is 18.5 Å². The lowest BCUT2D eigenvalue weighted by Crippen LogP contribution is -2.28. The molecule has 0 spiro atoms. The van der Waals surface area contributed by atoms with Gasteiger partial charge in [-0.2, -0.15) is 13.2 Å². The number of ketones is 1. The van der Waals surface area contributed by atoms with Crippen LogP contribution in [0, 0.1) is 5.41 Å². The highest BCUT2D eigenvalue weighted by molar-refractivity contribution is 5.98. The monoisotopic (exact) mass is 289 g/mol. The molecule has 1 aromatic rings. The molecule has 1 aliphatic carbocycles. The van der Waals surface area contributed by atoms with Crippen molar-refractivity contribution in [3.05, 3.63) is 23.5 Å². The molecule has 3 nitrogen and oxygen atoms in total. The molecule has 112 valence electrons. The van der Waals surface area contributed by atoms with Gasteiger partial charge in [0.1, 0.15) is 6.61 Å². The van der Waals surface area contributed by atoms with Crippen LogP contribution in [-0.2, 0) is 17.7 Å². The van der Waals surface area contributed by atoms with Gasteiger partial charge in [0, 0.05) is 30.4 Å². The minimum Gasteiger partial charge on any atom is -0.370 e. The molecule has 1 aromatic heterocycles. The number of fused-ring (bicyclic) bond motifs is 1. The Labute approximate surface area is 115 Å². The highest BCUT2D eigenvalue weighted by Crippen LogP contribution is 2.35. The molecule has 0 bridgehead atoms. The van der Waals surface area contributed by atoms with Crippen molar-refractivity contribution in [1.29, 1.82) is 0 Å². The largest absolute Gasteiger partial charge is 0.411 e. The van der Waals surface area contributed by atoms with Gasteiger partial charge in [-0.05, 0) is 17.9 Å². The van der Waals surface area contributed by atoms with Crippen molar-refractivity contribution < 1.29 is 22.7 Å². The van der Waals surface area contributed by atoms with Crippen LogP contribution in [0.15, 0.2) is 12.3 Å². The molecule has 20 heavy (non-hydrogen) atoms. The van der Waals surface area contributed by atoms with Crippen molar-refractivity contribution in [2.75, 3.05) is 13.2 Å². The van der Waals surface area contributed by atoms with Gasteiger partial charge in [-0.3, -0.25) is 4.79 Å². The van der Waals surface area contributed by atoms with Gasteiger partial charge in [-0.15, -0.1) is 0 Å². The SMILES string of the molecule is CC1(C)CC(=O)c2ccn(CCOCC(F)(F)F)c2C1. The first-order valence-electron chi connectivity index (χ1n) is 6.54. The Balaban J connectivity index is 1.99. The quantitative estimate of drug-likeness (QED) is 0.797. The number of rotatable bonds is 4. The molecule has 0 N–H and O–H groups in total. The number of hydrogen-bond donors (Lipinski definition) is 0. The van der Waals surface area contributed by atoms with Crippen molar-refractivity contribution in [3.63, 3.8) is 0 Å². The van der Waals surface area contributed by atoms with Crippen molar-refractivity contribution in [3.8, 4) is 0 Å². The summed E-state index contributed by atoms with van der Waals surface area (Å²) in [5.74, 6) is 0.103. The number of ether oxygens (including phenoxy) is 1. The fourth-order valence-electron chi connectivity index (χ4n) is 2.56. The van der Waals surface area contributed by atoms with Gasteiger partial charge in [0.05, 0.1) is 6.61 Å². The summed E-state index contributed by atoms with van der Waals surface area (Å²) in [6.07, 6.45) is -1.29. The minimum atomic E-state index is -4.30. The van der Waals surface area contributed by atoms with Crippen LogP contribution in [0.4, 0.5) is 13.2 Å². The molecule has 0 unspecified atom stereocenters. The highest BCUT2D eigenvalue weighted by Gasteiger charge is 2.33. The van der Waals surface area contributed by atoms with Crippen LogP contribution in [0.2, 0.25) is 0 Å². The second-order valence-electron chi connectivity index (χ2n) is 5.98. The van der Waals surface area contributed by atoms with Crippen molar-refractivity contribution in [2.24, 2.45) is 5.41 Å². The van der Waals surface area contributed by atoms with Crippen molar-refractivity contribution in [2.45, 2.75) is 39.4 Å². The summed E-state index contributed by atoms with van der Waals surface area (Å²) in [4.78, 5) is 12.0. The third kappa shape index (κ3) is 3.62. The number of nitrogens with zero attached hydrogens (tertiary/aromatic N) is 1. The van der Waals surface area contributed by atoms with Gasteiger partial charge in [0.2, 0.25) is 0 Å². The van der Waals surface area contributed by atoms with Crippen LogP contribution < -0.4 is 0 Å². The Hall–Kier alpha value is -1.30. The number of carbonyl (C=O) groups excluding carboxylic acids is 1. The fourth-order valence-corrected chi connectivity index (χ4v) is 2.56. The molecule has 2 rings (SSSR count). The molecule has 0 saturated heterocycles. The maximum absolute atomic E-state index is 12.0. The van der Waals surface area contributed by atoms with E-state index in [1.807, 2.05) is 18.4 Å². The van der Waals surface area contributed by atoms with Crippen molar-refractivity contribution in [1.82, 2.24) is 4.57 Å². The van der Waals surface area contributed by atoms with Crippen LogP contribution in [0.1, 0.15) is 36.3 Å². The van der Waals surface area contributed by atoms with Crippen LogP contribution in [0.25, 0.3) is 0 Å². The summed E-state index contributed by atoms with van der Waals surface area (Å²) in [6.45, 7) is 3.11. The summed E-state index contributed by atoms with van der Waals surface area (Å²) >= 11 is 0. The second kappa shape index (κ2) is 5.24. The van der Waals surface area contributed by atoms with E-state index >= 15 is 0 Å². The van der Waals surface area contributed by atoms with Gasteiger partial charge >= 0.3 is 6.18 Å². The zero-order chi connectivity index (χ0) is 15.0. The standard InChI is InChI=1S/C14H18F3NO2/c1-13(2)7-11-10(12(19)8-13)3-4-18(11)5-6-20-9-14(15,16)17/h3-4H,5-9H2,1-2H3. The van der Waals surface area contributed by atoms with Crippen LogP contribution in [0.3, 0.4) is 0 Å². The summed E-state index contributed by atoms with van der Waals surface area (Å²) in [5.41, 5.74) is 1.49. The lowest BCUT2D eigenvalue weighted by Gasteiger charge is -2.29. The predicted octanol–water partition coefficient (Wildman–Crippen LogP) is 3.22. The van der Waals surface area contributed by atoms with E-state index in [1.54, 1.807) is 12.3 Å². The van der Waals surface area contributed by atoms with E-state index < -0.39 is 12.8 Å². The van der Waals surface area contributed by atoms with E-state index in [1.165, 1.54) is 0 Å². The van der Waals surface area contributed by atoms with Crippen LogP contribution in [0.5, 0.6) is 0 Å². The molecule has 0 atom stereocenters. The molecule has 1 aliphatic rings. The Morgan fingerprint density at radius 3 is 2.70 bits per heavy atom. The van der Waals surface area contributed by atoms with E-state index in [0.717, 1.165) is 12.1 Å². The molecular weight excluding hydrogens is 271 g/mol. The van der Waals surface area contributed by atoms with Gasteiger partial charge in [-0.25, -0.2) is 0 Å². The molecule has 0 amide bonds. The molecular formula is C14H18F3NO2. The van der Waals surface area contributed by atoms with E-state index in [-0.39, 0.29) is 17.8 Å². The summed E-state index contributed by atoms with van der Waals surface area (Å²) in [5, 5.41) is 0. The first-order chi connectivity index (χ1) is 9.18. The third-order valence-electron chi connectivity index (χ3n) is 3.41. The first kappa shape index (κ1) is 15.1. The Morgan fingerprint density at radius 2 is 2.05 bits per heavy atom. The molecule has 0 aliphatic heterocycles. The number of alkyl halides is 3. The number of carbonyl (C=O) groups is 1. The lowest BCUT2D eigenvalue weighted by molar-refractivity contribution is -0.174. The predicted molar refractivity (Wildman–Crippen MR) is 67.7 cm³/mol. The number of aromatic nitrogens is 1.